The summed E-state index contributed by atoms with van der Waals surface area (Å²) in [6, 6.07) is 2.12. The fourth-order valence-electron chi connectivity index (χ4n) is 1.55. The van der Waals surface area contributed by atoms with Crippen LogP contribution in [0.5, 0.6) is 0 Å². The lowest BCUT2D eigenvalue weighted by Crippen LogP contribution is -2.16. The number of nitrogens with one attached hydrogen (secondary N) is 1. The maximum atomic E-state index is 9.63. The number of nitrogens with zero attached hydrogens (tertiary/aromatic N) is 2. The van der Waals surface area contributed by atoms with Crippen LogP contribution in [0.3, 0.4) is 0 Å². The predicted octanol–water partition coefficient (Wildman–Crippen LogP) is 2.40. The van der Waals surface area contributed by atoms with Gasteiger partial charge in [-0.1, -0.05) is 25.6 Å². The van der Waals surface area contributed by atoms with Crippen molar-refractivity contribution in [1.82, 2.24) is 9.97 Å². The highest BCUT2D eigenvalue weighted by atomic mass is 32.2. The number of anilines is 1. The van der Waals surface area contributed by atoms with Crippen LogP contribution in [-0.4, -0.2) is 26.4 Å². The van der Waals surface area contributed by atoms with Crippen molar-refractivity contribution in [3.63, 3.8) is 0 Å². The number of aliphatic hydroxyl groups is 1. The number of aliphatic hydroxyl groups excluding tert-OH is 1. The van der Waals surface area contributed by atoms with E-state index >= 15 is 0 Å². The Morgan fingerprint density at radius 3 is 2.79 bits per heavy atom. The van der Waals surface area contributed by atoms with Gasteiger partial charge in [-0.05, 0) is 19.4 Å². The maximum Gasteiger partial charge on any atom is 0.239 e. The Balaban J connectivity index is 2.47. The summed E-state index contributed by atoms with van der Waals surface area (Å²) in [7, 11) is 0. The van der Waals surface area contributed by atoms with E-state index in [0.29, 0.717) is 5.95 Å². The number of rotatable bonds is 5. The number of nitrogens with two attached hydrogens (primary N) is 1. The van der Waals surface area contributed by atoms with Gasteiger partial charge in [-0.15, -0.1) is 11.3 Å². The second-order valence-electron chi connectivity index (χ2n) is 4.35. The molecule has 2 heterocycles. The largest absolute Gasteiger partial charge is 0.392 e. The Labute approximate surface area is 120 Å². The van der Waals surface area contributed by atoms with Gasteiger partial charge in [0, 0.05) is 15.5 Å². The zero-order chi connectivity index (χ0) is 14.0. The van der Waals surface area contributed by atoms with E-state index in [1.807, 2.05) is 6.92 Å². The SMILES string of the molecule is CCc1cc2c(SC(C)C(C)O)nc(NN)nc2s1. The summed E-state index contributed by atoms with van der Waals surface area (Å²) in [4.78, 5) is 11.0. The standard InChI is InChI=1S/C12H18N4OS2/c1-4-8-5-9-10(18-7(3)6(2)17)14-12(16-13)15-11(9)19-8/h5-7,17H,4,13H2,1-3H3,(H,14,15,16). The van der Waals surface area contributed by atoms with Crippen LogP contribution in [0.1, 0.15) is 25.6 Å². The van der Waals surface area contributed by atoms with E-state index in [1.165, 1.54) is 4.88 Å². The molecule has 0 radical (unpaired) electrons. The highest BCUT2D eigenvalue weighted by molar-refractivity contribution is 8.00. The number of thioether (sulfide) groups is 1. The molecule has 2 atom stereocenters. The quantitative estimate of drug-likeness (QED) is 0.340. The molecule has 2 unspecified atom stereocenters. The molecule has 5 nitrogen and oxygen atoms in total. The Morgan fingerprint density at radius 2 is 2.21 bits per heavy atom. The Bertz CT molecular complexity index is 570. The highest BCUT2D eigenvalue weighted by Gasteiger charge is 2.16. The number of hydrogen-bond donors (Lipinski definition) is 3. The zero-order valence-electron chi connectivity index (χ0n) is 11.2. The third-order valence-electron chi connectivity index (χ3n) is 2.86. The topological polar surface area (TPSA) is 84.1 Å². The van der Waals surface area contributed by atoms with Crippen LogP contribution in [0.2, 0.25) is 0 Å². The van der Waals surface area contributed by atoms with Gasteiger partial charge in [0.05, 0.1) is 6.10 Å². The summed E-state index contributed by atoms with van der Waals surface area (Å²) in [6.45, 7) is 5.88. The number of hydrogen-bond acceptors (Lipinski definition) is 7. The van der Waals surface area contributed by atoms with Crippen molar-refractivity contribution in [2.24, 2.45) is 5.84 Å². The van der Waals surface area contributed by atoms with E-state index in [1.54, 1.807) is 30.0 Å². The lowest BCUT2D eigenvalue weighted by atomic mass is 10.3. The molecule has 0 spiro atoms. The fourth-order valence-corrected chi connectivity index (χ4v) is 3.55. The Hall–Kier alpha value is -0.890. The molecule has 0 aliphatic heterocycles. The Kier molecular flexibility index (Phi) is 4.62. The molecule has 104 valence electrons. The average molecular weight is 298 g/mol. The summed E-state index contributed by atoms with van der Waals surface area (Å²) in [5.74, 6) is 5.82. The fraction of sp³-hybridized carbons (Fsp3) is 0.500. The van der Waals surface area contributed by atoms with Gasteiger partial charge >= 0.3 is 0 Å². The normalized spacial score (nSPS) is 14.6. The number of aryl methyl sites for hydroxylation is 1. The number of nitrogen functional groups attached to an aromatic ring is 1. The predicted molar refractivity (Wildman–Crippen MR) is 81.6 cm³/mol. The molecule has 0 saturated heterocycles. The third kappa shape index (κ3) is 3.17. The summed E-state index contributed by atoms with van der Waals surface area (Å²) in [5.41, 5.74) is 2.50. The van der Waals surface area contributed by atoms with E-state index < -0.39 is 6.10 Å². The van der Waals surface area contributed by atoms with Crippen molar-refractivity contribution in [2.45, 2.75) is 43.6 Å². The molecule has 0 saturated carbocycles. The second-order valence-corrected chi connectivity index (χ2v) is 6.83. The van der Waals surface area contributed by atoms with Gasteiger partial charge in [-0.25, -0.2) is 15.8 Å². The molecule has 0 amide bonds. The van der Waals surface area contributed by atoms with Gasteiger partial charge in [0.2, 0.25) is 5.95 Å². The third-order valence-corrected chi connectivity index (χ3v) is 5.34. The first-order chi connectivity index (χ1) is 9.05. The van der Waals surface area contributed by atoms with Crippen molar-refractivity contribution in [2.75, 3.05) is 5.43 Å². The lowest BCUT2D eigenvalue weighted by molar-refractivity contribution is 0.196. The average Bonchev–Trinajstić information content (AvgIpc) is 2.81. The molecule has 0 fully saturated rings. The molecular weight excluding hydrogens is 280 g/mol. The van der Waals surface area contributed by atoms with Crippen LogP contribution in [-0.2, 0) is 6.42 Å². The minimum atomic E-state index is -0.395. The van der Waals surface area contributed by atoms with Gasteiger partial charge in [0.25, 0.3) is 0 Å². The number of hydrazine groups is 1. The van der Waals surface area contributed by atoms with Crippen molar-refractivity contribution >= 4 is 39.3 Å². The van der Waals surface area contributed by atoms with E-state index in [2.05, 4.69) is 28.4 Å². The van der Waals surface area contributed by atoms with Gasteiger partial charge < -0.3 is 5.11 Å². The van der Waals surface area contributed by atoms with E-state index in [-0.39, 0.29) is 5.25 Å². The summed E-state index contributed by atoms with van der Waals surface area (Å²) < 4.78 is 0. The smallest absolute Gasteiger partial charge is 0.239 e. The molecule has 2 aromatic heterocycles. The first-order valence-corrected chi connectivity index (χ1v) is 7.86. The molecule has 0 aromatic carbocycles. The van der Waals surface area contributed by atoms with Gasteiger partial charge in [0.1, 0.15) is 9.86 Å². The molecular formula is C12H18N4OS2. The van der Waals surface area contributed by atoms with Crippen LogP contribution in [0.15, 0.2) is 11.1 Å². The van der Waals surface area contributed by atoms with Crippen molar-refractivity contribution in [1.29, 1.82) is 0 Å². The minimum Gasteiger partial charge on any atom is -0.392 e. The van der Waals surface area contributed by atoms with Crippen molar-refractivity contribution in [3.05, 3.63) is 10.9 Å². The van der Waals surface area contributed by atoms with E-state index in [4.69, 9.17) is 5.84 Å². The molecule has 0 aliphatic carbocycles. The minimum absolute atomic E-state index is 0.0636. The zero-order valence-corrected chi connectivity index (χ0v) is 12.8. The monoisotopic (exact) mass is 298 g/mol. The van der Waals surface area contributed by atoms with Gasteiger partial charge in [0.15, 0.2) is 0 Å². The van der Waals surface area contributed by atoms with Crippen LogP contribution in [0.25, 0.3) is 10.2 Å². The van der Waals surface area contributed by atoms with Crippen LogP contribution in [0, 0.1) is 0 Å². The van der Waals surface area contributed by atoms with Gasteiger partial charge in [-0.2, -0.15) is 0 Å². The van der Waals surface area contributed by atoms with Crippen molar-refractivity contribution in [3.8, 4) is 0 Å². The van der Waals surface area contributed by atoms with Crippen LogP contribution in [0.4, 0.5) is 5.95 Å². The molecule has 0 aliphatic rings. The van der Waals surface area contributed by atoms with E-state index in [9.17, 15) is 5.11 Å². The van der Waals surface area contributed by atoms with Gasteiger partial charge in [-0.3, -0.25) is 5.43 Å². The summed E-state index contributed by atoms with van der Waals surface area (Å²) >= 11 is 3.20. The molecule has 2 rings (SSSR count). The first-order valence-electron chi connectivity index (χ1n) is 6.17. The number of aromatic nitrogens is 2. The second kappa shape index (κ2) is 6.04. The maximum absolute atomic E-state index is 9.63. The van der Waals surface area contributed by atoms with E-state index in [0.717, 1.165) is 21.7 Å². The Morgan fingerprint density at radius 1 is 1.47 bits per heavy atom. The lowest BCUT2D eigenvalue weighted by Gasteiger charge is -2.14. The van der Waals surface area contributed by atoms with Crippen molar-refractivity contribution < 1.29 is 5.11 Å². The summed E-state index contributed by atoms with van der Waals surface area (Å²) in [5, 5.41) is 11.6. The van der Waals surface area contributed by atoms with Crippen LogP contribution < -0.4 is 11.3 Å². The highest BCUT2D eigenvalue weighted by Crippen LogP contribution is 2.35. The molecule has 7 heteroatoms. The first kappa shape index (κ1) is 14.5. The van der Waals surface area contributed by atoms with Crippen LogP contribution >= 0.6 is 23.1 Å². The number of fused-ring (bicyclic) bond motifs is 1. The summed E-state index contributed by atoms with van der Waals surface area (Å²) in [6.07, 6.45) is 0.580. The molecule has 4 N–H and O–H groups in total. The molecule has 19 heavy (non-hydrogen) atoms. The molecule has 2 aromatic rings. The number of thiophene rings is 1. The molecule has 0 bridgehead atoms.